The zero-order chi connectivity index (χ0) is 15.3. The number of hydrogen-bond donors (Lipinski definition) is 2. The van der Waals surface area contributed by atoms with Crippen LogP contribution in [0, 0.1) is 0 Å². The number of carboxylic acids is 1. The molecule has 0 saturated carbocycles. The van der Waals surface area contributed by atoms with Crippen LogP contribution in [0.2, 0.25) is 0 Å². The van der Waals surface area contributed by atoms with Gasteiger partial charge in [-0.15, -0.1) is 11.3 Å². The Bertz CT molecular complexity index is 511. The van der Waals surface area contributed by atoms with E-state index in [1.165, 1.54) is 18.4 Å². The number of nitrogens with one attached hydrogen (secondary N) is 1. The van der Waals surface area contributed by atoms with Crippen molar-refractivity contribution >= 4 is 61.0 Å². The number of ether oxygens (including phenoxy) is 1. The topological polar surface area (TPSA) is 92.7 Å². The third-order valence-electron chi connectivity index (χ3n) is 2.34. The maximum atomic E-state index is 11.9. The van der Waals surface area contributed by atoms with E-state index in [4.69, 9.17) is 5.11 Å². The van der Waals surface area contributed by atoms with Gasteiger partial charge in [-0.05, 0) is 44.3 Å². The fourth-order valence-corrected chi connectivity index (χ4v) is 3.25. The molecule has 0 aliphatic carbocycles. The summed E-state index contributed by atoms with van der Waals surface area (Å²) < 4.78 is 5.89. The molecule has 20 heavy (non-hydrogen) atoms. The first kappa shape index (κ1) is 17.1. The summed E-state index contributed by atoms with van der Waals surface area (Å²) in [5.74, 6) is -2.22. The predicted molar refractivity (Wildman–Crippen MR) is 79.9 cm³/mol. The monoisotopic (exact) mass is 427 g/mol. The van der Waals surface area contributed by atoms with Crippen LogP contribution in [-0.4, -0.2) is 36.1 Å². The van der Waals surface area contributed by atoms with Crippen molar-refractivity contribution in [3.63, 3.8) is 0 Å². The molecule has 0 aromatic carbocycles. The van der Waals surface area contributed by atoms with Gasteiger partial charge in [0.1, 0.15) is 6.04 Å². The highest BCUT2D eigenvalue weighted by molar-refractivity contribution is 9.13. The summed E-state index contributed by atoms with van der Waals surface area (Å²) in [6.45, 7) is 0. The highest BCUT2D eigenvalue weighted by atomic mass is 79.9. The van der Waals surface area contributed by atoms with Gasteiger partial charge in [-0.25, -0.2) is 4.79 Å². The van der Waals surface area contributed by atoms with Gasteiger partial charge in [-0.2, -0.15) is 0 Å². The van der Waals surface area contributed by atoms with E-state index in [0.717, 1.165) is 3.79 Å². The van der Waals surface area contributed by atoms with Crippen LogP contribution in [-0.2, 0) is 14.3 Å². The lowest BCUT2D eigenvalue weighted by Crippen LogP contribution is -2.40. The largest absolute Gasteiger partial charge is 0.480 e. The van der Waals surface area contributed by atoms with Crippen molar-refractivity contribution in [3.05, 3.63) is 19.2 Å². The van der Waals surface area contributed by atoms with Gasteiger partial charge in [0.15, 0.2) is 0 Å². The van der Waals surface area contributed by atoms with Crippen LogP contribution in [0.5, 0.6) is 0 Å². The number of amides is 1. The quantitative estimate of drug-likeness (QED) is 0.678. The average Bonchev–Trinajstić information content (AvgIpc) is 2.73. The van der Waals surface area contributed by atoms with Crippen molar-refractivity contribution in [3.8, 4) is 0 Å². The Labute approximate surface area is 135 Å². The fraction of sp³-hybridized carbons (Fsp3) is 0.364. The standard InChI is InChI=1S/C11H11Br2NO5S/c1-19-8(15)3-2-6(11(17)18)14-10(16)7-4-5(12)9(13)20-7/h4,6H,2-3H2,1H3,(H,14,16)(H,17,18)/t6-/m1/s1. The molecule has 1 aromatic rings. The Kier molecular flexibility index (Phi) is 6.63. The van der Waals surface area contributed by atoms with E-state index in [1.807, 2.05) is 0 Å². The van der Waals surface area contributed by atoms with Crippen molar-refractivity contribution in [1.82, 2.24) is 5.32 Å². The number of rotatable bonds is 6. The predicted octanol–water partition coefficient (Wildman–Crippen LogP) is 2.41. The van der Waals surface area contributed by atoms with E-state index in [-0.39, 0.29) is 12.8 Å². The normalized spacial score (nSPS) is 11.8. The second-order valence-electron chi connectivity index (χ2n) is 3.71. The summed E-state index contributed by atoms with van der Waals surface area (Å²) in [7, 11) is 1.22. The summed E-state index contributed by atoms with van der Waals surface area (Å²) >= 11 is 7.68. The summed E-state index contributed by atoms with van der Waals surface area (Å²) in [6.07, 6.45) is -0.104. The lowest BCUT2D eigenvalue weighted by Gasteiger charge is -2.13. The van der Waals surface area contributed by atoms with Crippen LogP contribution in [0.15, 0.2) is 14.3 Å². The SMILES string of the molecule is COC(=O)CC[C@@H](NC(=O)c1cc(Br)c(Br)s1)C(=O)O. The summed E-state index contributed by atoms with van der Waals surface area (Å²) in [5, 5.41) is 11.4. The van der Waals surface area contributed by atoms with Crippen molar-refractivity contribution < 1.29 is 24.2 Å². The third kappa shape index (κ3) is 4.88. The Hall–Kier alpha value is -0.930. The number of aliphatic carboxylic acids is 1. The van der Waals surface area contributed by atoms with Gasteiger partial charge in [-0.1, -0.05) is 0 Å². The molecule has 0 aliphatic heterocycles. The molecular formula is C11H11Br2NO5S. The number of methoxy groups -OCH3 is 1. The minimum absolute atomic E-state index is 0.0263. The van der Waals surface area contributed by atoms with Crippen molar-refractivity contribution in [1.29, 1.82) is 0 Å². The number of carbonyl (C=O) groups excluding carboxylic acids is 2. The molecule has 1 amide bonds. The number of hydrogen-bond acceptors (Lipinski definition) is 5. The number of carbonyl (C=O) groups is 3. The first-order chi connectivity index (χ1) is 9.35. The van der Waals surface area contributed by atoms with Gasteiger partial charge in [0.2, 0.25) is 0 Å². The van der Waals surface area contributed by atoms with E-state index in [2.05, 4.69) is 41.9 Å². The summed E-state index contributed by atoms with van der Waals surface area (Å²) in [6, 6.07) is 0.449. The molecule has 1 aromatic heterocycles. The van der Waals surface area contributed by atoms with Crippen LogP contribution >= 0.6 is 43.2 Å². The first-order valence-corrected chi connectivity index (χ1v) is 7.80. The van der Waals surface area contributed by atoms with E-state index in [9.17, 15) is 14.4 Å². The molecule has 0 unspecified atom stereocenters. The molecule has 0 fully saturated rings. The maximum absolute atomic E-state index is 11.9. The second-order valence-corrected chi connectivity index (χ2v) is 6.94. The van der Waals surface area contributed by atoms with Gasteiger partial charge in [0.25, 0.3) is 5.91 Å². The third-order valence-corrected chi connectivity index (χ3v) is 5.59. The molecule has 0 radical (unpaired) electrons. The van der Waals surface area contributed by atoms with E-state index in [1.54, 1.807) is 6.07 Å². The van der Waals surface area contributed by atoms with Crippen LogP contribution in [0.4, 0.5) is 0 Å². The highest BCUT2D eigenvalue weighted by Crippen LogP contribution is 2.32. The minimum atomic E-state index is -1.20. The van der Waals surface area contributed by atoms with Crippen molar-refractivity contribution in [2.24, 2.45) is 0 Å². The molecule has 2 N–H and O–H groups in total. The number of carboxylic acid groups (broad SMARTS) is 1. The van der Waals surface area contributed by atoms with Crippen molar-refractivity contribution in [2.75, 3.05) is 7.11 Å². The van der Waals surface area contributed by atoms with Crippen molar-refractivity contribution in [2.45, 2.75) is 18.9 Å². The van der Waals surface area contributed by atoms with Crippen LogP contribution in [0.25, 0.3) is 0 Å². The average molecular weight is 429 g/mol. The van der Waals surface area contributed by atoms with Gasteiger partial charge in [-0.3, -0.25) is 9.59 Å². The second kappa shape index (κ2) is 7.75. The van der Waals surface area contributed by atoms with E-state index in [0.29, 0.717) is 9.35 Å². The molecule has 110 valence electrons. The van der Waals surface area contributed by atoms with Crippen LogP contribution in [0.3, 0.4) is 0 Å². The molecule has 1 atom stereocenters. The molecule has 0 saturated heterocycles. The first-order valence-electron chi connectivity index (χ1n) is 5.40. The maximum Gasteiger partial charge on any atom is 0.326 e. The lowest BCUT2D eigenvalue weighted by atomic mass is 10.1. The van der Waals surface area contributed by atoms with Crippen LogP contribution < -0.4 is 5.32 Å². The Morgan fingerprint density at radius 1 is 1.45 bits per heavy atom. The van der Waals surface area contributed by atoms with Gasteiger partial charge in [0, 0.05) is 10.9 Å². The molecular weight excluding hydrogens is 418 g/mol. The Balaban J connectivity index is 2.68. The molecule has 6 nitrogen and oxygen atoms in total. The Morgan fingerprint density at radius 2 is 2.10 bits per heavy atom. The minimum Gasteiger partial charge on any atom is -0.480 e. The summed E-state index contributed by atoms with van der Waals surface area (Å²) in [4.78, 5) is 34.3. The Morgan fingerprint density at radius 3 is 2.55 bits per heavy atom. The van der Waals surface area contributed by atoms with E-state index < -0.39 is 23.9 Å². The number of thiophene rings is 1. The van der Waals surface area contributed by atoms with Gasteiger partial charge < -0.3 is 15.2 Å². The van der Waals surface area contributed by atoms with Gasteiger partial charge >= 0.3 is 11.9 Å². The van der Waals surface area contributed by atoms with Gasteiger partial charge in [0.05, 0.1) is 15.8 Å². The highest BCUT2D eigenvalue weighted by Gasteiger charge is 2.23. The fourth-order valence-electron chi connectivity index (χ4n) is 1.31. The number of halogens is 2. The molecule has 0 spiro atoms. The molecule has 9 heteroatoms. The molecule has 1 heterocycles. The smallest absolute Gasteiger partial charge is 0.326 e. The molecule has 0 aliphatic rings. The lowest BCUT2D eigenvalue weighted by molar-refractivity contribution is -0.142. The number of esters is 1. The zero-order valence-corrected chi connectivity index (χ0v) is 14.3. The van der Waals surface area contributed by atoms with Crippen LogP contribution in [0.1, 0.15) is 22.5 Å². The van der Waals surface area contributed by atoms with E-state index >= 15 is 0 Å². The zero-order valence-electron chi connectivity index (χ0n) is 10.3. The summed E-state index contributed by atoms with van der Waals surface area (Å²) in [5.41, 5.74) is 0. The molecule has 1 rings (SSSR count). The molecule has 0 bridgehead atoms.